The Morgan fingerprint density at radius 3 is 2.44 bits per heavy atom. The maximum absolute atomic E-state index is 12.6. The fraction of sp³-hybridized carbons (Fsp3) is 0.722. The number of hydrogen-bond donors (Lipinski definition) is 1. The summed E-state index contributed by atoms with van der Waals surface area (Å²) in [5, 5.41) is 11.1. The largest absolute Gasteiger partial charge is 0.483 e. The van der Waals surface area contributed by atoms with Gasteiger partial charge in [-0.3, -0.25) is 19.2 Å². The lowest BCUT2D eigenvalue weighted by molar-refractivity contribution is -0.122. The van der Waals surface area contributed by atoms with Crippen molar-refractivity contribution < 1.29 is 19.4 Å². The zero-order valence-electron chi connectivity index (χ0n) is 16.1. The maximum atomic E-state index is 12.6. The summed E-state index contributed by atoms with van der Waals surface area (Å²) in [5.41, 5.74) is 0.707. The van der Waals surface area contributed by atoms with Gasteiger partial charge in [-0.05, 0) is 19.9 Å². The van der Waals surface area contributed by atoms with Crippen molar-refractivity contribution in [2.24, 2.45) is 0 Å². The van der Waals surface area contributed by atoms with Gasteiger partial charge in [0.15, 0.2) is 0 Å². The number of aryl methyl sites for hydroxylation is 1. The lowest BCUT2D eigenvalue weighted by atomic mass is 10.3. The zero-order chi connectivity index (χ0) is 19.5. The molecule has 27 heavy (non-hydrogen) atoms. The monoisotopic (exact) mass is 381 g/mol. The minimum Gasteiger partial charge on any atom is -0.483 e. The number of carbonyl (C=O) groups is 2. The van der Waals surface area contributed by atoms with Gasteiger partial charge in [0, 0.05) is 58.6 Å². The van der Waals surface area contributed by atoms with Gasteiger partial charge in [-0.15, -0.1) is 0 Å². The average molecular weight is 381 g/mol. The van der Waals surface area contributed by atoms with Crippen molar-refractivity contribution in [3.8, 4) is 0 Å². The van der Waals surface area contributed by atoms with E-state index in [0.29, 0.717) is 5.56 Å². The molecule has 2 fully saturated rings. The third-order valence-corrected chi connectivity index (χ3v) is 4.92. The molecular formula is C18H31N5O4. The van der Waals surface area contributed by atoms with E-state index in [1.807, 2.05) is 18.0 Å². The molecule has 3 heterocycles. The van der Waals surface area contributed by atoms with Gasteiger partial charge in [0.05, 0.1) is 25.0 Å². The predicted molar refractivity (Wildman–Crippen MR) is 101 cm³/mol. The molecule has 0 radical (unpaired) electrons. The van der Waals surface area contributed by atoms with Crippen molar-refractivity contribution in [3.05, 3.63) is 18.0 Å². The van der Waals surface area contributed by atoms with E-state index in [9.17, 15) is 4.79 Å². The third-order valence-electron chi connectivity index (χ3n) is 4.92. The van der Waals surface area contributed by atoms with Gasteiger partial charge in [0.1, 0.15) is 0 Å². The second-order valence-electron chi connectivity index (χ2n) is 6.63. The molecule has 1 aromatic rings. The summed E-state index contributed by atoms with van der Waals surface area (Å²) in [5.74, 6) is 0.115. The maximum Gasteiger partial charge on any atom is 0.290 e. The highest BCUT2D eigenvalue weighted by Gasteiger charge is 2.21. The van der Waals surface area contributed by atoms with E-state index >= 15 is 0 Å². The molecule has 0 aliphatic carbocycles. The minimum atomic E-state index is -0.250. The van der Waals surface area contributed by atoms with Crippen LogP contribution in [-0.2, 0) is 16.1 Å². The van der Waals surface area contributed by atoms with Crippen molar-refractivity contribution in [1.29, 1.82) is 0 Å². The lowest BCUT2D eigenvalue weighted by Crippen LogP contribution is -2.42. The first-order chi connectivity index (χ1) is 13.2. The van der Waals surface area contributed by atoms with E-state index in [-0.39, 0.29) is 12.4 Å². The molecule has 152 valence electrons. The Balaban J connectivity index is 0.000000817. The number of morpholine rings is 1. The fourth-order valence-electron chi connectivity index (χ4n) is 3.33. The van der Waals surface area contributed by atoms with Gasteiger partial charge in [-0.25, -0.2) is 0 Å². The van der Waals surface area contributed by atoms with Gasteiger partial charge in [-0.1, -0.05) is 0 Å². The number of aromatic nitrogens is 2. The number of ether oxygens (including phenoxy) is 1. The second-order valence-corrected chi connectivity index (χ2v) is 6.63. The Morgan fingerprint density at radius 1 is 1.15 bits per heavy atom. The third kappa shape index (κ3) is 6.93. The summed E-state index contributed by atoms with van der Waals surface area (Å²) in [4.78, 5) is 27.9. The SMILES string of the molecule is CCn1cc(C(=O)N2CCCN(CCN3CCOCC3)CC2)cn1.O=CO. The lowest BCUT2D eigenvalue weighted by Gasteiger charge is -2.29. The van der Waals surface area contributed by atoms with Crippen LogP contribution in [0.15, 0.2) is 12.4 Å². The van der Waals surface area contributed by atoms with Crippen LogP contribution in [0.3, 0.4) is 0 Å². The van der Waals surface area contributed by atoms with Crippen LogP contribution in [0.2, 0.25) is 0 Å². The molecule has 2 aliphatic heterocycles. The molecule has 1 N–H and O–H groups in total. The van der Waals surface area contributed by atoms with Crippen molar-refractivity contribution >= 4 is 12.4 Å². The Morgan fingerprint density at radius 2 is 1.81 bits per heavy atom. The minimum absolute atomic E-state index is 0.115. The van der Waals surface area contributed by atoms with Crippen molar-refractivity contribution in [2.75, 3.05) is 65.6 Å². The van der Waals surface area contributed by atoms with Crippen LogP contribution in [0.4, 0.5) is 0 Å². The summed E-state index contributed by atoms with van der Waals surface area (Å²) in [6.45, 7) is 12.2. The van der Waals surface area contributed by atoms with Gasteiger partial charge in [0.25, 0.3) is 12.4 Å². The average Bonchev–Trinajstić information content (AvgIpc) is 3.06. The summed E-state index contributed by atoms with van der Waals surface area (Å²) in [6.07, 6.45) is 4.58. The second kappa shape index (κ2) is 11.7. The Labute approximate surface area is 160 Å². The highest BCUT2D eigenvalue weighted by atomic mass is 16.5. The number of rotatable bonds is 5. The standard InChI is InChI=1S/C17H29N5O2.CH2O2/c1-2-22-15-16(14-18-22)17(23)21-5-3-4-19(8-9-21)6-7-20-10-12-24-13-11-20;2-1-3/h14-15H,2-13H2,1H3;1H,(H,2,3). The Bertz CT molecular complexity index is 574. The summed E-state index contributed by atoms with van der Waals surface area (Å²) in [6, 6.07) is 0. The molecule has 1 amide bonds. The quantitative estimate of drug-likeness (QED) is 0.723. The van der Waals surface area contributed by atoms with Gasteiger partial charge in [0.2, 0.25) is 0 Å². The molecule has 0 aromatic carbocycles. The van der Waals surface area contributed by atoms with Crippen molar-refractivity contribution in [1.82, 2.24) is 24.5 Å². The van der Waals surface area contributed by atoms with Gasteiger partial charge < -0.3 is 19.6 Å². The summed E-state index contributed by atoms with van der Waals surface area (Å²) >= 11 is 0. The molecule has 0 unspecified atom stereocenters. The molecular weight excluding hydrogens is 350 g/mol. The van der Waals surface area contributed by atoms with Crippen molar-refractivity contribution in [3.63, 3.8) is 0 Å². The summed E-state index contributed by atoms with van der Waals surface area (Å²) in [7, 11) is 0. The highest BCUT2D eigenvalue weighted by molar-refractivity contribution is 5.93. The van der Waals surface area contributed by atoms with E-state index in [4.69, 9.17) is 14.6 Å². The van der Waals surface area contributed by atoms with Crippen LogP contribution in [0, 0.1) is 0 Å². The molecule has 2 aliphatic rings. The topological polar surface area (TPSA) is 91.1 Å². The molecule has 0 saturated carbocycles. The highest BCUT2D eigenvalue weighted by Crippen LogP contribution is 2.09. The molecule has 9 nitrogen and oxygen atoms in total. The van der Waals surface area contributed by atoms with E-state index in [1.165, 1.54) is 0 Å². The van der Waals surface area contributed by atoms with E-state index in [0.717, 1.165) is 78.5 Å². The smallest absolute Gasteiger partial charge is 0.290 e. The number of hydrogen-bond acceptors (Lipinski definition) is 6. The van der Waals surface area contributed by atoms with Crippen LogP contribution in [-0.4, -0.2) is 108 Å². The first-order valence-corrected chi connectivity index (χ1v) is 9.60. The van der Waals surface area contributed by atoms with Crippen molar-refractivity contribution in [2.45, 2.75) is 19.9 Å². The summed E-state index contributed by atoms with van der Waals surface area (Å²) < 4.78 is 7.20. The van der Waals surface area contributed by atoms with Gasteiger partial charge in [-0.2, -0.15) is 5.10 Å². The van der Waals surface area contributed by atoms with Gasteiger partial charge >= 0.3 is 0 Å². The van der Waals surface area contributed by atoms with Crippen LogP contribution in [0.1, 0.15) is 23.7 Å². The first kappa shape index (κ1) is 21.3. The molecule has 1 aromatic heterocycles. The molecule has 3 rings (SSSR count). The number of carbonyl (C=O) groups excluding carboxylic acids is 1. The Kier molecular flexibility index (Phi) is 9.23. The molecule has 2 saturated heterocycles. The predicted octanol–water partition coefficient (Wildman–Crippen LogP) is 0.0839. The zero-order valence-corrected chi connectivity index (χ0v) is 16.1. The molecule has 9 heteroatoms. The molecule has 0 spiro atoms. The van der Waals surface area contributed by atoms with Crippen LogP contribution >= 0.6 is 0 Å². The number of carboxylic acid groups (broad SMARTS) is 1. The first-order valence-electron chi connectivity index (χ1n) is 9.60. The number of amides is 1. The Hall–Kier alpha value is -1.97. The van der Waals surface area contributed by atoms with Crippen LogP contribution in [0.25, 0.3) is 0 Å². The van der Waals surface area contributed by atoms with E-state index in [2.05, 4.69) is 14.9 Å². The molecule has 0 atom stereocenters. The van der Waals surface area contributed by atoms with Crippen LogP contribution in [0.5, 0.6) is 0 Å². The number of nitrogens with zero attached hydrogens (tertiary/aromatic N) is 5. The van der Waals surface area contributed by atoms with Crippen LogP contribution < -0.4 is 0 Å². The van der Waals surface area contributed by atoms with E-state index < -0.39 is 0 Å². The normalized spacial score (nSPS) is 19.1. The molecule has 0 bridgehead atoms. The fourth-order valence-corrected chi connectivity index (χ4v) is 3.33. The van der Waals surface area contributed by atoms with E-state index in [1.54, 1.807) is 10.9 Å².